The number of nitrogens with zero attached hydrogens (tertiary/aromatic N) is 2. The van der Waals surface area contributed by atoms with Gasteiger partial charge in [0.2, 0.25) is 0 Å². The van der Waals surface area contributed by atoms with Crippen molar-refractivity contribution in [1.82, 2.24) is 4.98 Å². The highest BCUT2D eigenvalue weighted by atomic mass is 32.1. The summed E-state index contributed by atoms with van der Waals surface area (Å²) in [5, 5.41) is 12.7. The summed E-state index contributed by atoms with van der Waals surface area (Å²) in [6.45, 7) is 1.75. The highest BCUT2D eigenvalue weighted by Gasteiger charge is 2.17. The normalized spacial score (nSPS) is 11.1. The number of furan rings is 1. The summed E-state index contributed by atoms with van der Waals surface area (Å²) in [5.41, 5.74) is 1.66. The quantitative estimate of drug-likeness (QED) is 0.718. The zero-order valence-corrected chi connectivity index (χ0v) is 13.6. The van der Waals surface area contributed by atoms with Gasteiger partial charge in [-0.15, -0.1) is 11.3 Å². The molecule has 118 valence electrons. The Kier molecular flexibility index (Phi) is 4.54. The molecule has 3 aromatic rings. The lowest BCUT2D eigenvalue weighted by Gasteiger charge is -2.02. The molecular weight excluding hydrogens is 322 g/mol. The summed E-state index contributed by atoms with van der Waals surface area (Å²) in [7, 11) is 0. The molecule has 0 saturated carbocycles. The zero-order chi connectivity index (χ0) is 16.9. The van der Waals surface area contributed by atoms with Gasteiger partial charge in [0.15, 0.2) is 0 Å². The molecule has 0 saturated heterocycles. The van der Waals surface area contributed by atoms with E-state index in [0.29, 0.717) is 32.6 Å². The van der Waals surface area contributed by atoms with Gasteiger partial charge in [-0.2, -0.15) is 5.26 Å². The Morgan fingerprint density at radius 2 is 2.08 bits per heavy atom. The minimum absolute atomic E-state index is 0.238. The third kappa shape index (κ3) is 3.42. The largest absolute Gasteiger partial charge is 0.465 e. The van der Waals surface area contributed by atoms with Crippen LogP contribution in [0.2, 0.25) is 0 Å². The van der Waals surface area contributed by atoms with Crippen LogP contribution in [0, 0.1) is 18.3 Å². The van der Waals surface area contributed by atoms with Crippen LogP contribution >= 0.6 is 11.3 Å². The fraction of sp³-hybridized carbons (Fsp3) is 0.0556. The Morgan fingerprint density at radius 1 is 1.29 bits per heavy atom. The van der Waals surface area contributed by atoms with E-state index in [1.54, 1.807) is 25.1 Å². The third-order valence-electron chi connectivity index (χ3n) is 3.22. The molecule has 0 atom stereocenters. The van der Waals surface area contributed by atoms with Crippen molar-refractivity contribution in [2.24, 2.45) is 0 Å². The first-order valence-electron chi connectivity index (χ1n) is 7.17. The highest BCUT2D eigenvalue weighted by molar-refractivity contribution is 7.15. The molecule has 0 aliphatic carbocycles. The number of thiazole rings is 1. The van der Waals surface area contributed by atoms with Gasteiger partial charge in [-0.05, 0) is 31.2 Å². The number of rotatable bonds is 4. The van der Waals surface area contributed by atoms with Crippen LogP contribution in [0.5, 0.6) is 0 Å². The van der Waals surface area contributed by atoms with Crippen molar-refractivity contribution in [3.8, 4) is 6.07 Å². The Balaban J connectivity index is 1.87. The van der Waals surface area contributed by atoms with Gasteiger partial charge in [-0.3, -0.25) is 4.79 Å². The van der Waals surface area contributed by atoms with E-state index < -0.39 is 0 Å². The monoisotopic (exact) mass is 335 g/mol. The Morgan fingerprint density at radius 3 is 2.75 bits per heavy atom. The maximum atomic E-state index is 12.4. The van der Waals surface area contributed by atoms with E-state index in [1.807, 2.05) is 30.3 Å². The standard InChI is InChI=1S/C18H13N3O2S/c1-12-16(17(22)21-14-6-3-2-4-7-14)24-18(20-12)13(11-19)10-15-8-5-9-23-15/h2-10H,1H3,(H,21,22)/b13-10-. The summed E-state index contributed by atoms with van der Waals surface area (Å²) in [4.78, 5) is 17.2. The average Bonchev–Trinajstić information content (AvgIpc) is 3.23. The molecule has 5 nitrogen and oxygen atoms in total. The minimum Gasteiger partial charge on any atom is -0.465 e. The number of aryl methyl sites for hydroxylation is 1. The van der Waals surface area contributed by atoms with Gasteiger partial charge in [0.05, 0.1) is 17.5 Å². The number of anilines is 1. The highest BCUT2D eigenvalue weighted by Crippen LogP contribution is 2.26. The molecule has 24 heavy (non-hydrogen) atoms. The molecular formula is C18H13N3O2S. The number of hydrogen-bond donors (Lipinski definition) is 1. The van der Waals surface area contributed by atoms with Crippen LogP contribution in [0.1, 0.15) is 26.1 Å². The molecule has 1 N–H and O–H groups in total. The van der Waals surface area contributed by atoms with Gasteiger partial charge in [0, 0.05) is 11.8 Å². The number of nitrogens with one attached hydrogen (secondary N) is 1. The van der Waals surface area contributed by atoms with Crippen LogP contribution in [0.4, 0.5) is 5.69 Å². The third-order valence-corrected chi connectivity index (χ3v) is 4.40. The summed E-state index contributed by atoms with van der Waals surface area (Å²) in [6.07, 6.45) is 3.14. The number of amides is 1. The van der Waals surface area contributed by atoms with Crippen molar-refractivity contribution in [1.29, 1.82) is 5.26 Å². The zero-order valence-electron chi connectivity index (χ0n) is 12.8. The fourth-order valence-electron chi connectivity index (χ4n) is 2.09. The van der Waals surface area contributed by atoms with E-state index in [0.717, 1.165) is 0 Å². The Hall–Kier alpha value is -3.17. The number of para-hydroxylation sites is 1. The van der Waals surface area contributed by atoms with E-state index in [2.05, 4.69) is 16.4 Å². The second kappa shape index (κ2) is 6.94. The Bertz CT molecular complexity index is 919. The molecule has 3 rings (SSSR count). The number of nitriles is 1. The van der Waals surface area contributed by atoms with Crippen LogP contribution in [-0.4, -0.2) is 10.9 Å². The summed E-state index contributed by atoms with van der Waals surface area (Å²) >= 11 is 1.19. The number of aromatic nitrogens is 1. The van der Waals surface area contributed by atoms with Crippen molar-refractivity contribution in [2.75, 3.05) is 5.32 Å². The lowest BCUT2D eigenvalue weighted by atomic mass is 10.2. The van der Waals surface area contributed by atoms with Crippen LogP contribution in [-0.2, 0) is 0 Å². The van der Waals surface area contributed by atoms with Crippen molar-refractivity contribution >= 4 is 34.6 Å². The van der Waals surface area contributed by atoms with Crippen molar-refractivity contribution in [3.05, 3.63) is 70.1 Å². The smallest absolute Gasteiger partial charge is 0.267 e. The molecule has 0 unspecified atom stereocenters. The van der Waals surface area contributed by atoms with Gasteiger partial charge in [-0.25, -0.2) is 4.98 Å². The molecule has 0 aliphatic heterocycles. The molecule has 2 aromatic heterocycles. The van der Waals surface area contributed by atoms with Crippen LogP contribution < -0.4 is 5.32 Å². The second-order valence-electron chi connectivity index (χ2n) is 4.94. The number of hydrogen-bond acceptors (Lipinski definition) is 5. The molecule has 0 aliphatic rings. The SMILES string of the molecule is Cc1nc(/C(C#N)=C\c2ccco2)sc1C(=O)Nc1ccccc1. The topological polar surface area (TPSA) is 78.9 Å². The molecule has 0 spiro atoms. The van der Waals surface area contributed by atoms with Crippen molar-refractivity contribution in [3.63, 3.8) is 0 Å². The van der Waals surface area contributed by atoms with Gasteiger partial charge in [-0.1, -0.05) is 18.2 Å². The van der Waals surface area contributed by atoms with Crippen LogP contribution in [0.3, 0.4) is 0 Å². The number of carbonyl (C=O) groups excluding carboxylic acids is 1. The van der Waals surface area contributed by atoms with Gasteiger partial charge >= 0.3 is 0 Å². The molecule has 0 fully saturated rings. The lowest BCUT2D eigenvalue weighted by Crippen LogP contribution is -2.11. The summed E-state index contributed by atoms with van der Waals surface area (Å²) < 4.78 is 5.22. The Labute approximate surface area is 142 Å². The van der Waals surface area contributed by atoms with E-state index >= 15 is 0 Å². The first kappa shape index (κ1) is 15.7. The van der Waals surface area contributed by atoms with Crippen molar-refractivity contribution < 1.29 is 9.21 Å². The van der Waals surface area contributed by atoms with Gasteiger partial charge in [0.1, 0.15) is 21.7 Å². The van der Waals surface area contributed by atoms with E-state index in [9.17, 15) is 10.1 Å². The summed E-state index contributed by atoms with van der Waals surface area (Å²) in [6, 6.07) is 14.8. The summed E-state index contributed by atoms with van der Waals surface area (Å²) in [5.74, 6) is 0.326. The van der Waals surface area contributed by atoms with E-state index in [1.165, 1.54) is 17.6 Å². The lowest BCUT2D eigenvalue weighted by molar-refractivity contribution is 0.103. The van der Waals surface area contributed by atoms with Crippen LogP contribution in [0.15, 0.2) is 53.1 Å². The molecule has 0 radical (unpaired) electrons. The first-order valence-corrected chi connectivity index (χ1v) is 7.98. The molecule has 1 amide bonds. The first-order chi connectivity index (χ1) is 11.7. The molecule has 1 aromatic carbocycles. The second-order valence-corrected chi connectivity index (χ2v) is 5.94. The number of allylic oxidation sites excluding steroid dienone is 1. The fourth-order valence-corrected chi connectivity index (χ4v) is 3.02. The number of carbonyl (C=O) groups is 1. The van der Waals surface area contributed by atoms with E-state index in [4.69, 9.17) is 4.42 Å². The predicted octanol–water partition coefficient (Wildman–Crippen LogP) is 4.36. The average molecular weight is 335 g/mol. The predicted molar refractivity (Wildman–Crippen MR) is 93.4 cm³/mol. The minimum atomic E-state index is -0.238. The van der Waals surface area contributed by atoms with Gasteiger partial charge in [0.25, 0.3) is 5.91 Å². The maximum absolute atomic E-state index is 12.4. The van der Waals surface area contributed by atoms with Crippen LogP contribution in [0.25, 0.3) is 11.6 Å². The molecule has 6 heteroatoms. The van der Waals surface area contributed by atoms with E-state index in [-0.39, 0.29) is 5.91 Å². The molecule has 2 heterocycles. The van der Waals surface area contributed by atoms with Crippen molar-refractivity contribution in [2.45, 2.75) is 6.92 Å². The molecule has 0 bridgehead atoms. The maximum Gasteiger partial charge on any atom is 0.267 e. The number of benzene rings is 1. The van der Waals surface area contributed by atoms with Gasteiger partial charge < -0.3 is 9.73 Å².